The maximum Gasteiger partial charge on any atom is 0.472 e. The highest BCUT2D eigenvalue weighted by atomic mass is 31.2. The third-order valence-corrected chi connectivity index (χ3v) is 19.4. The maximum atomic E-state index is 13.1. The monoisotopic (exact) mass is 1580 g/mol. The molecular formula is C91H152O17P2. The van der Waals surface area contributed by atoms with E-state index in [0.717, 1.165) is 218 Å². The molecule has 0 bridgehead atoms. The highest BCUT2D eigenvalue weighted by Crippen LogP contribution is 2.45. The number of aliphatic hydroxyl groups is 1. The topological polar surface area (TPSA) is 237 Å². The lowest BCUT2D eigenvalue weighted by Crippen LogP contribution is -2.30. The fraction of sp³-hybridized carbons (Fsp3) is 0.670. The Morgan fingerprint density at radius 2 is 0.473 bits per heavy atom. The van der Waals surface area contributed by atoms with Crippen LogP contribution < -0.4 is 0 Å². The Hall–Kier alpha value is -5.32. The molecule has 0 saturated heterocycles. The van der Waals surface area contributed by atoms with Crippen LogP contribution in [0.5, 0.6) is 0 Å². The minimum atomic E-state index is -5.00. The van der Waals surface area contributed by atoms with E-state index in [0.29, 0.717) is 25.7 Å². The van der Waals surface area contributed by atoms with Crippen molar-refractivity contribution in [3.8, 4) is 0 Å². The molecule has 0 aliphatic rings. The summed E-state index contributed by atoms with van der Waals surface area (Å²) in [7, 11) is -9.99. The van der Waals surface area contributed by atoms with Gasteiger partial charge in [-0.1, -0.05) is 301 Å². The zero-order valence-electron chi connectivity index (χ0n) is 68.9. The third kappa shape index (κ3) is 80.7. The maximum absolute atomic E-state index is 13.1. The molecule has 0 heterocycles. The highest BCUT2D eigenvalue weighted by molar-refractivity contribution is 7.47. The number of hydrogen-bond acceptors (Lipinski definition) is 15. The van der Waals surface area contributed by atoms with Gasteiger partial charge < -0.3 is 33.8 Å². The third-order valence-electron chi connectivity index (χ3n) is 17.5. The van der Waals surface area contributed by atoms with Crippen molar-refractivity contribution in [3.63, 3.8) is 0 Å². The molecule has 0 amide bonds. The van der Waals surface area contributed by atoms with Crippen molar-refractivity contribution in [1.82, 2.24) is 0 Å². The van der Waals surface area contributed by atoms with Gasteiger partial charge in [-0.3, -0.25) is 37.3 Å². The summed E-state index contributed by atoms with van der Waals surface area (Å²) in [6.45, 7) is 4.49. The molecule has 0 saturated carbocycles. The van der Waals surface area contributed by atoms with E-state index in [1.807, 2.05) is 0 Å². The molecule has 0 fully saturated rings. The van der Waals surface area contributed by atoms with E-state index in [1.165, 1.54) is 38.5 Å². The van der Waals surface area contributed by atoms with Crippen LogP contribution >= 0.6 is 15.6 Å². The summed E-state index contributed by atoms with van der Waals surface area (Å²) in [4.78, 5) is 73.3. The molecule has 0 aliphatic heterocycles. The second-order valence-electron chi connectivity index (χ2n) is 28.0. The standard InChI is InChI=1S/C91H152O17P2/c1-5-9-13-17-21-25-29-33-37-40-42-45-48-51-55-59-63-67-71-75-88(93)101-81-86(107-90(95)77-73-69-65-61-57-53-47-36-32-28-24-20-16-12-8-4)83-105-109(97,98)103-79-85(92)80-104-110(99,100)106-84-87(108-91(96)78-74-70-66-62-58-54-50-44-39-35-31-27-23-19-15-11-7-3)82-102-89(94)76-72-68-64-60-56-52-49-46-43-41-38-34-30-26-22-18-14-10-6-2/h9-11,13-15,21-23,25-27,33-39,42-43,45-47,52,56,85-87,92H,5-8,12,16-20,24,28-32,40-41,44,48-51,53-55,57-84H2,1-4H3,(H,97,98)(H,99,100)/b13-9-,14-10-,15-11-,25-21-,26-22-,27-23-,37-33-,38-34-,39-35-,45-42-,46-43-,47-36-,56-52-. The number of phosphoric ester groups is 2. The van der Waals surface area contributed by atoms with Gasteiger partial charge in [-0.15, -0.1) is 0 Å². The van der Waals surface area contributed by atoms with E-state index in [2.05, 4.69) is 186 Å². The Labute approximate surface area is 668 Å². The van der Waals surface area contributed by atoms with Gasteiger partial charge in [0.2, 0.25) is 0 Å². The summed E-state index contributed by atoms with van der Waals surface area (Å²) in [6.07, 6.45) is 96.3. The Balaban J connectivity index is 5.44. The summed E-state index contributed by atoms with van der Waals surface area (Å²) in [5, 5.41) is 10.7. The number of allylic oxidation sites excluding steroid dienone is 26. The minimum Gasteiger partial charge on any atom is -0.462 e. The van der Waals surface area contributed by atoms with Gasteiger partial charge in [-0.05, 0) is 167 Å². The molecule has 110 heavy (non-hydrogen) atoms. The Bertz CT molecular complexity index is 2700. The van der Waals surface area contributed by atoms with Crippen LogP contribution in [0, 0.1) is 0 Å². The predicted molar refractivity (Wildman–Crippen MR) is 454 cm³/mol. The van der Waals surface area contributed by atoms with Crippen molar-refractivity contribution in [2.45, 2.75) is 354 Å². The smallest absolute Gasteiger partial charge is 0.462 e. The number of rotatable bonds is 79. The summed E-state index contributed by atoms with van der Waals surface area (Å²) in [5.41, 5.74) is 0. The number of phosphoric acid groups is 2. The van der Waals surface area contributed by atoms with Gasteiger partial charge in [0.05, 0.1) is 26.4 Å². The molecule has 0 radical (unpaired) electrons. The first-order valence-electron chi connectivity index (χ1n) is 42.7. The Morgan fingerprint density at radius 3 is 0.745 bits per heavy atom. The molecule has 0 aromatic heterocycles. The lowest BCUT2D eigenvalue weighted by molar-refractivity contribution is -0.161. The van der Waals surface area contributed by atoms with Gasteiger partial charge in [-0.2, -0.15) is 0 Å². The molecule has 5 atom stereocenters. The number of ether oxygens (including phenoxy) is 4. The summed E-state index contributed by atoms with van der Waals surface area (Å²) in [5.74, 6) is -2.24. The molecule has 5 unspecified atom stereocenters. The molecule has 0 aromatic rings. The lowest BCUT2D eigenvalue weighted by Gasteiger charge is -2.21. The van der Waals surface area contributed by atoms with E-state index in [4.69, 9.17) is 37.0 Å². The van der Waals surface area contributed by atoms with Crippen LogP contribution in [0.2, 0.25) is 0 Å². The zero-order valence-corrected chi connectivity index (χ0v) is 70.7. The van der Waals surface area contributed by atoms with Crippen molar-refractivity contribution in [3.05, 3.63) is 158 Å². The molecule has 0 spiro atoms. The zero-order chi connectivity index (χ0) is 80.3. The van der Waals surface area contributed by atoms with Crippen LogP contribution in [0.1, 0.15) is 336 Å². The number of unbranched alkanes of at least 4 members (excludes halogenated alkanes) is 27. The van der Waals surface area contributed by atoms with Crippen LogP contribution in [0.3, 0.4) is 0 Å². The van der Waals surface area contributed by atoms with Crippen LogP contribution in [-0.2, 0) is 65.4 Å². The molecule has 0 aliphatic carbocycles. The van der Waals surface area contributed by atoms with Crippen molar-refractivity contribution < 1.29 is 80.2 Å². The largest absolute Gasteiger partial charge is 0.472 e. The van der Waals surface area contributed by atoms with Crippen molar-refractivity contribution in [1.29, 1.82) is 0 Å². The fourth-order valence-corrected chi connectivity index (χ4v) is 12.7. The first kappa shape index (κ1) is 105. The second-order valence-corrected chi connectivity index (χ2v) is 30.9. The number of aliphatic hydroxyl groups excluding tert-OH is 1. The van der Waals surface area contributed by atoms with Crippen LogP contribution in [0.15, 0.2) is 158 Å². The first-order chi connectivity index (χ1) is 53.7. The van der Waals surface area contributed by atoms with E-state index in [1.54, 1.807) is 0 Å². The van der Waals surface area contributed by atoms with Crippen molar-refractivity contribution in [2.24, 2.45) is 0 Å². The minimum absolute atomic E-state index is 0.0711. The number of esters is 4. The number of hydrogen-bond donors (Lipinski definition) is 3. The van der Waals surface area contributed by atoms with Crippen molar-refractivity contribution in [2.75, 3.05) is 39.6 Å². The van der Waals surface area contributed by atoms with E-state index < -0.39 is 97.5 Å². The number of carbonyl (C=O) groups excluding carboxylic acids is 4. The predicted octanol–water partition coefficient (Wildman–Crippen LogP) is 25.6. The van der Waals surface area contributed by atoms with Gasteiger partial charge in [0.1, 0.15) is 19.3 Å². The lowest BCUT2D eigenvalue weighted by atomic mass is 10.1. The first-order valence-corrected chi connectivity index (χ1v) is 45.7. The highest BCUT2D eigenvalue weighted by Gasteiger charge is 2.30. The van der Waals surface area contributed by atoms with Gasteiger partial charge in [0, 0.05) is 25.7 Å². The molecule has 628 valence electrons. The van der Waals surface area contributed by atoms with Crippen LogP contribution in [0.4, 0.5) is 0 Å². The Morgan fingerprint density at radius 1 is 0.264 bits per heavy atom. The molecule has 0 rings (SSSR count). The van der Waals surface area contributed by atoms with Gasteiger partial charge in [0.25, 0.3) is 0 Å². The second kappa shape index (κ2) is 81.7. The molecule has 17 nitrogen and oxygen atoms in total. The quantitative estimate of drug-likeness (QED) is 0.0169. The van der Waals surface area contributed by atoms with Gasteiger partial charge in [0.15, 0.2) is 12.2 Å². The summed E-state index contributed by atoms with van der Waals surface area (Å²) >= 11 is 0. The van der Waals surface area contributed by atoms with E-state index in [9.17, 15) is 43.2 Å². The van der Waals surface area contributed by atoms with Gasteiger partial charge in [-0.25, -0.2) is 9.13 Å². The SMILES string of the molecule is CC/C=C\C/C=C\C/C=C\C/C=C\C/C=C\CCCCCC(=O)OCC(COP(=O)(O)OCC(O)COP(=O)(O)OCC(COC(=O)CCCCCCCC/C=C\C/C=C\C/C=C\C/C=C\CC)OC(=O)CCCCCCC/C=C\CCCCCCCC)OC(=O)CCCCCCCCC/C=C\C/C=C\C/C=C\CC. The molecule has 19 heteroatoms. The van der Waals surface area contributed by atoms with Crippen LogP contribution in [0.25, 0.3) is 0 Å². The fourth-order valence-electron chi connectivity index (χ4n) is 11.1. The summed E-state index contributed by atoms with van der Waals surface area (Å²) in [6, 6.07) is 0. The van der Waals surface area contributed by atoms with Crippen molar-refractivity contribution >= 4 is 39.5 Å². The summed E-state index contributed by atoms with van der Waals surface area (Å²) < 4.78 is 68.8. The average Bonchev–Trinajstić information content (AvgIpc) is 0.906. The molecule has 3 N–H and O–H groups in total. The van der Waals surface area contributed by atoms with E-state index >= 15 is 0 Å². The van der Waals surface area contributed by atoms with E-state index in [-0.39, 0.29) is 25.7 Å². The van der Waals surface area contributed by atoms with Gasteiger partial charge >= 0.3 is 39.5 Å². The molecule has 0 aromatic carbocycles. The average molecular weight is 1580 g/mol. The molecular weight excluding hydrogens is 1430 g/mol. The number of carbonyl (C=O) groups is 4. The van der Waals surface area contributed by atoms with Crippen LogP contribution in [-0.4, -0.2) is 96.7 Å². The Kier molecular flexibility index (Phi) is 77.7. The normalized spacial score (nSPS) is 14.6.